The maximum atomic E-state index is 8.94. The minimum absolute atomic E-state index is 0.0205. The molecular weight excluding hydrogens is 370 g/mol. The number of halogens is 1. The number of quaternary nitrogens is 1. The van der Waals surface area contributed by atoms with Crippen LogP contribution in [0, 0.1) is 0 Å². The van der Waals surface area contributed by atoms with E-state index in [0.717, 1.165) is 16.6 Å². The maximum Gasteiger partial charge on any atom is 0.162 e. The first-order valence-electron chi connectivity index (χ1n) is 8.22. The van der Waals surface area contributed by atoms with Gasteiger partial charge >= 0.3 is 0 Å². The van der Waals surface area contributed by atoms with Crippen molar-refractivity contribution in [1.82, 2.24) is 0 Å². The molecule has 1 atom stereocenters. The van der Waals surface area contributed by atoms with Crippen molar-refractivity contribution in [2.24, 2.45) is 0 Å². The molecule has 2 aromatic carbocycles. The quantitative estimate of drug-likeness (QED) is 0.686. The van der Waals surface area contributed by atoms with E-state index in [1.807, 2.05) is 25.1 Å². The van der Waals surface area contributed by atoms with Crippen molar-refractivity contribution >= 4 is 15.9 Å². The molecule has 0 aliphatic heterocycles. The van der Waals surface area contributed by atoms with Gasteiger partial charge < -0.3 is 19.9 Å². The van der Waals surface area contributed by atoms with E-state index in [2.05, 4.69) is 52.4 Å². The predicted octanol–water partition coefficient (Wildman–Crippen LogP) is 3.04. The summed E-state index contributed by atoms with van der Waals surface area (Å²) in [7, 11) is 0. The van der Waals surface area contributed by atoms with E-state index in [0.29, 0.717) is 24.1 Å². The fraction of sp³-hybridized carbons (Fsp3) is 0.368. The van der Waals surface area contributed by atoms with Crippen LogP contribution in [-0.4, -0.2) is 24.9 Å². The molecule has 0 unspecified atom stereocenters. The van der Waals surface area contributed by atoms with E-state index in [1.54, 1.807) is 0 Å². The van der Waals surface area contributed by atoms with Crippen LogP contribution in [0.2, 0.25) is 0 Å². The molecular formula is C19H25BrNO3+. The zero-order chi connectivity index (χ0) is 17.4. The average molecular weight is 395 g/mol. The number of hydrogen-bond donors (Lipinski definition) is 2. The summed E-state index contributed by atoms with van der Waals surface area (Å²) in [6, 6.07) is 14.8. The van der Waals surface area contributed by atoms with Gasteiger partial charge in [-0.1, -0.05) is 46.3 Å². The molecule has 5 heteroatoms. The van der Waals surface area contributed by atoms with E-state index in [9.17, 15) is 0 Å². The zero-order valence-electron chi connectivity index (χ0n) is 14.2. The number of nitrogens with two attached hydrogens (primary N) is 1. The van der Waals surface area contributed by atoms with Gasteiger partial charge in [0, 0.05) is 15.6 Å². The lowest BCUT2D eigenvalue weighted by Crippen LogP contribution is -2.83. The third-order valence-electron chi connectivity index (χ3n) is 3.78. The van der Waals surface area contributed by atoms with Crippen molar-refractivity contribution in [3.05, 3.63) is 58.1 Å². The highest BCUT2D eigenvalue weighted by Gasteiger charge is 2.14. The fourth-order valence-electron chi connectivity index (χ4n) is 2.47. The van der Waals surface area contributed by atoms with Crippen molar-refractivity contribution in [3.63, 3.8) is 0 Å². The summed E-state index contributed by atoms with van der Waals surface area (Å²) >= 11 is 3.61. The van der Waals surface area contributed by atoms with Crippen molar-refractivity contribution in [2.45, 2.75) is 26.4 Å². The number of hydrogen-bond acceptors (Lipinski definition) is 3. The summed E-state index contributed by atoms with van der Waals surface area (Å²) < 4.78 is 12.2. The van der Waals surface area contributed by atoms with Crippen LogP contribution in [0.3, 0.4) is 0 Å². The molecule has 0 heterocycles. The molecule has 0 fully saturated rings. The van der Waals surface area contributed by atoms with Crippen LogP contribution in [-0.2, 0) is 6.54 Å². The van der Waals surface area contributed by atoms with Gasteiger partial charge in [-0.2, -0.15) is 0 Å². The minimum atomic E-state index is -0.0205. The Kier molecular flexibility index (Phi) is 7.56. The molecule has 0 amide bonds. The molecule has 0 spiro atoms. The van der Waals surface area contributed by atoms with Gasteiger partial charge in [0.05, 0.1) is 13.2 Å². The third kappa shape index (κ3) is 5.23. The Labute approximate surface area is 151 Å². The molecule has 0 radical (unpaired) electrons. The monoisotopic (exact) mass is 394 g/mol. The molecule has 4 nitrogen and oxygen atoms in total. The summed E-state index contributed by atoms with van der Waals surface area (Å²) in [6.07, 6.45) is 0. The van der Waals surface area contributed by atoms with Gasteiger partial charge in [0.2, 0.25) is 0 Å². The second-order valence-corrected chi connectivity index (χ2v) is 6.39. The first-order chi connectivity index (χ1) is 11.7. The number of benzene rings is 2. The zero-order valence-corrected chi connectivity index (χ0v) is 15.8. The lowest BCUT2D eigenvalue weighted by atomic mass is 10.1. The van der Waals surface area contributed by atoms with Crippen LogP contribution in [0.1, 0.15) is 31.0 Å². The lowest BCUT2D eigenvalue weighted by Gasteiger charge is -2.16. The SMILES string of the molecule is CCOc1cc(C[NH2+][C@H](C)c2ccccc2)c(Br)cc1OCCO. The van der Waals surface area contributed by atoms with Crippen LogP contribution in [0.5, 0.6) is 11.5 Å². The van der Waals surface area contributed by atoms with Crippen molar-refractivity contribution < 1.29 is 19.9 Å². The first kappa shape index (κ1) is 18.8. The summed E-state index contributed by atoms with van der Waals surface area (Å²) in [5, 5.41) is 11.2. The molecule has 130 valence electrons. The number of ether oxygens (including phenoxy) is 2. The second kappa shape index (κ2) is 9.67. The Morgan fingerprint density at radius 1 is 1.12 bits per heavy atom. The average Bonchev–Trinajstić information content (AvgIpc) is 2.61. The molecule has 3 N–H and O–H groups in total. The minimum Gasteiger partial charge on any atom is -0.490 e. The molecule has 0 saturated carbocycles. The van der Waals surface area contributed by atoms with Gasteiger partial charge in [0.1, 0.15) is 19.2 Å². The molecule has 0 aliphatic rings. The van der Waals surface area contributed by atoms with Gasteiger partial charge in [0.15, 0.2) is 11.5 Å². The highest BCUT2D eigenvalue weighted by molar-refractivity contribution is 9.10. The third-order valence-corrected chi connectivity index (χ3v) is 4.52. The molecule has 2 rings (SSSR count). The van der Waals surface area contributed by atoms with E-state index in [1.165, 1.54) is 5.56 Å². The van der Waals surface area contributed by atoms with E-state index < -0.39 is 0 Å². The summed E-state index contributed by atoms with van der Waals surface area (Å²) in [5.74, 6) is 1.36. The number of aliphatic hydroxyl groups is 1. The fourth-order valence-corrected chi connectivity index (χ4v) is 2.95. The first-order valence-corrected chi connectivity index (χ1v) is 9.02. The van der Waals surface area contributed by atoms with Crippen LogP contribution in [0.25, 0.3) is 0 Å². The topological polar surface area (TPSA) is 55.3 Å². The highest BCUT2D eigenvalue weighted by Crippen LogP contribution is 2.33. The molecule has 0 aliphatic carbocycles. The summed E-state index contributed by atoms with van der Waals surface area (Å²) in [6.45, 7) is 5.78. The second-order valence-electron chi connectivity index (χ2n) is 5.53. The van der Waals surface area contributed by atoms with E-state index >= 15 is 0 Å². The largest absolute Gasteiger partial charge is 0.490 e. The van der Waals surface area contributed by atoms with Gasteiger partial charge in [-0.25, -0.2) is 0 Å². The van der Waals surface area contributed by atoms with Gasteiger partial charge in [-0.15, -0.1) is 0 Å². The molecule has 2 aromatic rings. The lowest BCUT2D eigenvalue weighted by molar-refractivity contribution is -0.708. The van der Waals surface area contributed by atoms with Crippen molar-refractivity contribution in [3.8, 4) is 11.5 Å². The van der Waals surface area contributed by atoms with E-state index in [-0.39, 0.29) is 13.2 Å². The smallest absolute Gasteiger partial charge is 0.162 e. The maximum absolute atomic E-state index is 8.94. The Morgan fingerprint density at radius 3 is 2.50 bits per heavy atom. The molecule has 0 saturated heterocycles. The Morgan fingerprint density at radius 2 is 1.83 bits per heavy atom. The van der Waals surface area contributed by atoms with Crippen LogP contribution in [0.4, 0.5) is 0 Å². The predicted molar refractivity (Wildman–Crippen MR) is 98.4 cm³/mol. The summed E-state index contributed by atoms with van der Waals surface area (Å²) in [5.41, 5.74) is 2.46. The number of rotatable bonds is 9. The summed E-state index contributed by atoms with van der Waals surface area (Å²) in [4.78, 5) is 0. The van der Waals surface area contributed by atoms with Gasteiger partial charge in [0.25, 0.3) is 0 Å². The Bertz CT molecular complexity index is 634. The van der Waals surface area contributed by atoms with Crippen molar-refractivity contribution in [2.75, 3.05) is 19.8 Å². The van der Waals surface area contributed by atoms with Crippen molar-refractivity contribution in [1.29, 1.82) is 0 Å². The Hall–Kier alpha value is -1.56. The Balaban J connectivity index is 2.10. The molecule has 0 bridgehead atoms. The van der Waals surface area contributed by atoms with Gasteiger partial charge in [-0.05, 0) is 26.0 Å². The normalized spacial score (nSPS) is 12.0. The van der Waals surface area contributed by atoms with Crippen LogP contribution >= 0.6 is 15.9 Å². The molecule has 24 heavy (non-hydrogen) atoms. The van der Waals surface area contributed by atoms with Gasteiger partial charge in [-0.3, -0.25) is 0 Å². The highest BCUT2D eigenvalue weighted by atomic mass is 79.9. The number of aliphatic hydroxyl groups excluding tert-OH is 1. The van der Waals surface area contributed by atoms with E-state index in [4.69, 9.17) is 14.6 Å². The standard InChI is InChI=1S/C19H24BrNO3/c1-3-23-18-11-16(17(20)12-19(18)24-10-9-22)13-21-14(2)15-7-5-4-6-8-15/h4-8,11-12,14,21-22H,3,9-10,13H2,1-2H3/p+1/t14-/m1/s1. The molecule has 0 aromatic heterocycles. The van der Waals surface area contributed by atoms with Crippen LogP contribution < -0.4 is 14.8 Å². The van der Waals surface area contributed by atoms with Crippen LogP contribution in [0.15, 0.2) is 46.9 Å².